The van der Waals surface area contributed by atoms with Gasteiger partial charge in [-0.3, -0.25) is 0 Å². The Morgan fingerprint density at radius 1 is 1.18 bits per heavy atom. The SMILES string of the molecule is CN(Cc1ccc(F)cc1)c1cnc(N)cn1. The summed E-state index contributed by atoms with van der Waals surface area (Å²) in [5.41, 5.74) is 6.47. The molecule has 0 aliphatic rings. The Bertz CT molecular complexity index is 481. The van der Waals surface area contributed by atoms with E-state index >= 15 is 0 Å². The molecular weight excluding hydrogens is 219 g/mol. The fourth-order valence-corrected chi connectivity index (χ4v) is 1.47. The number of benzene rings is 1. The average Bonchev–Trinajstić information content (AvgIpc) is 2.33. The standard InChI is InChI=1S/C12H13FN4/c1-17(12-7-15-11(14)6-16-12)8-9-2-4-10(13)5-3-9/h2-7H,8H2,1H3,(H2,14,15). The Hall–Kier alpha value is -2.17. The van der Waals surface area contributed by atoms with Gasteiger partial charge in [-0.25, -0.2) is 14.4 Å². The van der Waals surface area contributed by atoms with Crippen LogP contribution in [-0.4, -0.2) is 17.0 Å². The van der Waals surface area contributed by atoms with E-state index in [1.807, 2.05) is 11.9 Å². The summed E-state index contributed by atoms with van der Waals surface area (Å²) in [6.07, 6.45) is 3.12. The molecule has 0 atom stereocenters. The summed E-state index contributed by atoms with van der Waals surface area (Å²) >= 11 is 0. The second-order valence-corrected chi connectivity index (χ2v) is 3.78. The topological polar surface area (TPSA) is 55.0 Å². The van der Waals surface area contributed by atoms with Crippen LogP contribution < -0.4 is 10.6 Å². The van der Waals surface area contributed by atoms with Crippen molar-refractivity contribution in [1.82, 2.24) is 9.97 Å². The van der Waals surface area contributed by atoms with Crippen molar-refractivity contribution in [3.63, 3.8) is 0 Å². The number of rotatable bonds is 3. The summed E-state index contributed by atoms with van der Waals surface area (Å²) in [5.74, 6) is 0.885. The van der Waals surface area contributed by atoms with Gasteiger partial charge in [0.1, 0.15) is 17.5 Å². The summed E-state index contributed by atoms with van der Waals surface area (Å²) in [6, 6.07) is 6.38. The molecule has 17 heavy (non-hydrogen) atoms. The number of hydrogen-bond donors (Lipinski definition) is 1. The van der Waals surface area contributed by atoms with Crippen LogP contribution in [-0.2, 0) is 6.54 Å². The molecule has 0 bridgehead atoms. The summed E-state index contributed by atoms with van der Waals surface area (Å²) in [6.45, 7) is 0.638. The van der Waals surface area contributed by atoms with E-state index in [0.29, 0.717) is 12.4 Å². The molecule has 0 saturated heterocycles. The molecule has 1 aromatic heterocycles. The molecule has 2 aromatic rings. The van der Waals surface area contributed by atoms with Crippen molar-refractivity contribution >= 4 is 11.6 Å². The van der Waals surface area contributed by atoms with Crippen LogP contribution in [0.5, 0.6) is 0 Å². The van der Waals surface area contributed by atoms with E-state index in [2.05, 4.69) is 9.97 Å². The second kappa shape index (κ2) is 4.78. The largest absolute Gasteiger partial charge is 0.382 e. The lowest BCUT2D eigenvalue weighted by molar-refractivity contribution is 0.627. The highest BCUT2D eigenvalue weighted by Gasteiger charge is 2.04. The minimum Gasteiger partial charge on any atom is -0.382 e. The monoisotopic (exact) mass is 232 g/mol. The summed E-state index contributed by atoms with van der Waals surface area (Å²) in [4.78, 5) is 10.0. The van der Waals surface area contributed by atoms with Crippen LogP contribution in [0.25, 0.3) is 0 Å². The first-order chi connectivity index (χ1) is 8.15. The van der Waals surface area contributed by atoms with Crippen LogP contribution in [0.15, 0.2) is 36.7 Å². The van der Waals surface area contributed by atoms with E-state index < -0.39 is 0 Å². The van der Waals surface area contributed by atoms with E-state index in [4.69, 9.17) is 5.73 Å². The molecule has 4 nitrogen and oxygen atoms in total. The molecule has 5 heteroatoms. The number of halogens is 1. The van der Waals surface area contributed by atoms with Crippen molar-refractivity contribution in [3.05, 3.63) is 48.0 Å². The minimum atomic E-state index is -0.233. The third kappa shape index (κ3) is 2.90. The highest BCUT2D eigenvalue weighted by atomic mass is 19.1. The zero-order valence-corrected chi connectivity index (χ0v) is 9.47. The van der Waals surface area contributed by atoms with Gasteiger partial charge in [0.15, 0.2) is 0 Å². The second-order valence-electron chi connectivity index (χ2n) is 3.78. The van der Waals surface area contributed by atoms with Gasteiger partial charge in [0, 0.05) is 13.6 Å². The molecule has 0 fully saturated rings. The van der Waals surface area contributed by atoms with Gasteiger partial charge in [-0.2, -0.15) is 0 Å². The van der Waals surface area contributed by atoms with Crippen LogP contribution in [0.1, 0.15) is 5.56 Å². The van der Waals surface area contributed by atoms with Gasteiger partial charge in [0.25, 0.3) is 0 Å². The highest BCUT2D eigenvalue weighted by molar-refractivity contribution is 5.39. The lowest BCUT2D eigenvalue weighted by atomic mass is 10.2. The van der Waals surface area contributed by atoms with E-state index in [-0.39, 0.29) is 5.82 Å². The number of anilines is 2. The van der Waals surface area contributed by atoms with Crippen molar-refractivity contribution in [2.75, 3.05) is 17.7 Å². The summed E-state index contributed by atoms with van der Waals surface area (Å²) < 4.78 is 12.7. The van der Waals surface area contributed by atoms with Crippen molar-refractivity contribution < 1.29 is 4.39 Å². The molecule has 1 heterocycles. The quantitative estimate of drug-likeness (QED) is 0.877. The zero-order valence-electron chi connectivity index (χ0n) is 9.47. The molecule has 88 valence electrons. The molecule has 0 radical (unpaired) electrons. The smallest absolute Gasteiger partial charge is 0.147 e. The van der Waals surface area contributed by atoms with Crippen LogP contribution in [0, 0.1) is 5.82 Å². The van der Waals surface area contributed by atoms with Gasteiger partial charge in [-0.15, -0.1) is 0 Å². The van der Waals surface area contributed by atoms with Crippen LogP contribution >= 0.6 is 0 Å². The Morgan fingerprint density at radius 2 is 1.88 bits per heavy atom. The predicted octanol–water partition coefficient (Wildman–Crippen LogP) is 1.83. The number of nitrogen functional groups attached to an aromatic ring is 1. The molecule has 1 aromatic carbocycles. The summed E-state index contributed by atoms with van der Waals surface area (Å²) in [5, 5.41) is 0. The van der Waals surface area contributed by atoms with Gasteiger partial charge >= 0.3 is 0 Å². The van der Waals surface area contributed by atoms with Gasteiger partial charge in [-0.1, -0.05) is 12.1 Å². The van der Waals surface area contributed by atoms with Crippen molar-refractivity contribution in [2.45, 2.75) is 6.54 Å². The number of hydrogen-bond acceptors (Lipinski definition) is 4. The maximum absolute atomic E-state index is 12.7. The van der Waals surface area contributed by atoms with Crippen molar-refractivity contribution in [1.29, 1.82) is 0 Å². The van der Waals surface area contributed by atoms with Crippen LogP contribution in [0.2, 0.25) is 0 Å². The Labute approximate surface area is 98.9 Å². The molecular formula is C12H13FN4. The van der Waals surface area contributed by atoms with Gasteiger partial charge < -0.3 is 10.6 Å². The third-order valence-electron chi connectivity index (χ3n) is 2.38. The maximum Gasteiger partial charge on any atom is 0.147 e. The average molecular weight is 232 g/mol. The normalized spacial score (nSPS) is 10.2. The minimum absolute atomic E-state index is 0.233. The molecule has 0 unspecified atom stereocenters. The van der Waals surface area contributed by atoms with E-state index in [0.717, 1.165) is 11.4 Å². The predicted molar refractivity (Wildman–Crippen MR) is 65.0 cm³/mol. The van der Waals surface area contributed by atoms with Gasteiger partial charge in [0.2, 0.25) is 0 Å². The first-order valence-corrected chi connectivity index (χ1v) is 5.18. The first kappa shape index (κ1) is 11.3. The summed E-state index contributed by atoms with van der Waals surface area (Å²) in [7, 11) is 1.89. The zero-order chi connectivity index (χ0) is 12.3. The van der Waals surface area contributed by atoms with E-state index in [9.17, 15) is 4.39 Å². The molecule has 0 amide bonds. The van der Waals surface area contributed by atoms with Gasteiger partial charge in [-0.05, 0) is 17.7 Å². The van der Waals surface area contributed by atoms with Crippen LogP contribution in [0.4, 0.5) is 16.0 Å². The molecule has 2 rings (SSSR count). The molecule has 0 saturated carbocycles. The number of nitrogens with zero attached hydrogens (tertiary/aromatic N) is 3. The van der Waals surface area contributed by atoms with Crippen molar-refractivity contribution in [2.24, 2.45) is 0 Å². The molecule has 0 aliphatic heterocycles. The van der Waals surface area contributed by atoms with E-state index in [1.54, 1.807) is 18.3 Å². The lowest BCUT2D eigenvalue weighted by Gasteiger charge is -2.17. The van der Waals surface area contributed by atoms with Gasteiger partial charge in [0.05, 0.1) is 12.4 Å². The highest BCUT2D eigenvalue weighted by Crippen LogP contribution is 2.12. The Morgan fingerprint density at radius 3 is 2.47 bits per heavy atom. The lowest BCUT2D eigenvalue weighted by Crippen LogP contribution is -2.18. The number of nitrogens with two attached hydrogens (primary N) is 1. The fourth-order valence-electron chi connectivity index (χ4n) is 1.47. The van der Waals surface area contributed by atoms with Crippen LogP contribution in [0.3, 0.4) is 0 Å². The number of aromatic nitrogens is 2. The van der Waals surface area contributed by atoms with Crippen molar-refractivity contribution in [3.8, 4) is 0 Å². The molecule has 2 N–H and O–H groups in total. The third-order valence-corrected chi connectivity index (χ3v) is 2.38. The molecule has 0 spiro atoms. The Kier molecular flexibility index (Phi) is 3.18. The van der Waals surface area contributed by atoms with E-state index in [1.165, 1.54) is 18.3 Å². The fraction of sp³-hybridized carbons (Fsp3) is 0.167. The maximum atomic E-state index is 12.7. The molecule has 0 aliphatic carbocycles. The Balaban J connectivity index is 2.08. The first-order valence-electron chi connectivity index (χ1n) is 5.18.